The van der Waals surface area contributed by atoms with Crippen molar-refractivity contribution < 1.29 is 4.74 Å². The van der Waals surface area contributed by atoms with Gasteiger partial charge in [0.1, 0.15) is 17.5 Å². The summed E-state index contributed by atoms with van der Waals surface area (Å²) in [4.78, 5) is 8.88. The lowest BCUT2D eigenvalue weighted by atomic mass is 9.82. The molecule has 0 radical (unpaired) electrons. The van der Waals surface area contributed by atoms with Gasteiger partial charge in [-0.2, -0.15) is 0 Å². The van der Waals surface area contributed by atoms with Crippen molar-refractivity contribution in [2.75, 3.05) is 30.5 Å². The Morgan fingerprint density at radius 3 is 2.65 bits per heavy atom. The Morgan fingerprint density at radius 2 is 2.00 bits per heavy atom. The van der Waals surface area contributed by atoms with Crippen LogP contribution in [0.1, 0.15) is 38.9 Å². The number of hydrazine groups is 1. The van der Waals surface area contributed by atoms with Crippen molar-refractivity contribution >= 4 is 11.6 Å². The van der Waals surface area contributed by atoms with Gasteiger partial charge >= 0.3 is 0 Å². The summed E-state index contributed by atoms with van der Waals surface area (Å²) in [5.74, 6) is 7.78. The van der Waals surface area contributed by atoms with Crippen LogP contribution in [-0.2, 0) is 11.2 Å². The molecule has 20 heavy (non-hydrogen) atoms. The SMILES string of the molecule is CCCc1nc(NN)cc(NCC2(C)CCOCC2)n1. The molecule has 1 aromatic heterocycles. The van der Waals surface area contributed by atoms with Gasteiger partial charge in [0.25, 0.3) is 0 Å². The minimum atomic E-state index is 0.268. The summed E-state index contributed by atoms with van der Waals surface area (Å²) in [5, 5.41) is 3.43. The second-order valence-corrected chi connectivity index (χ2v) is 5.73. The van der Waals surface area contributed by atoms with Gasteiger partial charge in [0.05, 0.1) is 0 Å². The van der Waals surface area contributed by atoms with Gasteiger partial charge in [-0.1, -0.05) is 13.8 Å². The zero-order valence-corrected chi connectivity index (χ0v) is 12.4. The van der Waals surface area contributed by atoms with E-state index in [1.54, 1.807) is 0 Å². The molecule has 6 heteroatoms. The molecule has 0 spiro atoms. The average molecular weight is 279 g/mol. The predicted molar refractivity (Wildman–Crippen MR) is 80.5 cm³/mol. The fourth-order valence-electron chi connectivity index (χ4n) is 2.34. The first-order valence-corrected chi connectivity index (χ1v) is 7.31. The summed E-state index contributed by atoms with van der Waals surface area (Å²) in [5.41, 5.74) is 2.87. The summed E-state index contributed by atoms with van der Waals surface area (Å²) in [7, 11) is 0. The standard InChI is InChI=1S/C14H25N5O/c1-3-4-11-17-12(9-13(18-11)19-15)16-10-14(2)5-7-20-8-6-14/h9H,3-8,10,15H2,1-2H3,(H2,16,17,18,19). The Kier molecular flexibility index (Phi) is 5.14. The number of rotatable bonds is 6. The first-order valence-electron chi connectivity index (χ1n) is 7.31. The maximum Gasteiger partial charge on any atom is 0.145 e. The number of anilines is 2. The normalized spacial score (nSPS) is 17.8. The summed E-state index contributed by atoms with van der Waals surface area (Å²) >= 11 is 0. The van der Waals surface area contributed by atoms with E-state index in [-0.39, 0.29) is 5.41 Å². The zero-order chi connectivity index (χ0) is 14.4. The Bertz CT molecular complexity index is 432. The van der Waals surface area contributed by atoms with Crippen LogP contribution in [0.3, 0.4) is 0 Å². The highest BCUT2D eigenvalue weighted by Gasteiger charge is 2.27. The Balaban J connectivity index is 2.02. The fourth-order valence-corrected chi connectivity index (χ4v) is 2.34. The lowest BCUT2D eigenvalue weighted by molar-refractivity contribution is 0.0299. The van der Waals surface area contributed by atoms with Crippen LogP contribution < -0.4 is 16.6 Å². The number of nitrogens with two attached hydrogens (primary N) is 1. The van der Waals surface area contributed by atoms with Crippen molar-refractivity contribution in [3.8, 4) is 0 Å². The molecule has 4 N–H and O–H groups in total. The van der Waals surface area contributed by atoms with Crippen molar-refractivity contribution in [1.82, 2.24) is 9.97 Å². The van der Waals surface area contributed by atoms with Crippen molar-refractivity contribution in [1.29, 1.82) is 0 Å². The molecule has 1 aliphatic rings. The quantitative estimate of drug-likeness (QED) is 0.545. The molecule has 1 aromatic rings. The number of aryl methyl sites for hydroxylation is 1. The third-order valence-electron chi connectivity index (χ3n) is 3.79. The van der Waals surface area contributed by atoms with E-state index >= 15 is 0 Å². The third kappa shape index (κ3) is 4.05. The van der Waals surface area contributed by atoms with Crippen LogP contribution in [0, 0.1) is 5.41 Å². The number of ether oxygens (including phenoxy) is 1. The molecule has 0 bridgehead atoms. The van der Waals surface area contributed by atoms with E-state index in [9.17, 15) is 0 Å². The van der Waals surface area contributed by atoms with Gasteiger partial charge in [-0.25, -0.2) is 15.8 Å². The van der Waals surface area contributed by atoms with E-state index in [4.69, 9.17) is 10.6 Å². The number of aromatic nitrogens is 2. The largest absolute Gasteiger partial charge is 0.381 e. The molecule has 2 heterocycles. The molecule has 0 saturated carbocycles. The molecular formula is C14H25N5O. The van der Waals surface area contributed by atoms with E-state index in [1.165, 1.54) is 0 Å². The highest BCUT2D eigenvalue weighted by molar-refractivity contribution is 5.47. The minimum absolute atomic E-state index is 0.268. The monoisotopic (exact) mass is 279 g/mol. The van der Waals surface area contributed by atoms with Crippen LogP contribution in [0.15, 0.2) is 6.07 Å². The molecule has 1 fully saturated rings. The molecule has 112 valence electrons. The summed E-state index contributed by atoms with van der Waals surface area (Å²) < 4.78 is 5.42. The minimum Gasteiger partial charge on any atom is -0.381 e. The Labute approximate surface area is 120 Å². The predicted octanol–water partition coefficient (Wildman–Crippen LogP) is 1.94. The van der Waals surface area contributed by atoms with Gasteiger partial charge in [-0.15, -0.1) is 0 Å². The summed E-state index contributed by atoms with van der Waals surface area (Å²) in [6, 6.07) is 1.85. The Morgan fingerprint density at radius 1 is 1.30 bits per heavy atom. The van der Waals surface area contributed by atoms with E-state index < -0.39 is 0 Å². The van der Waals surface area contributed by atoms with Crippen molar-refractivity contribution in [2.24, 2.45) is 11.3 Å². The van der Waals surface area contributed by atoms with Gasteiger partial charge in [0.2, 0.25) is 0 Å². The number of nitrogens with zero attached hydrogens (tertiary/aromatic N) is 2. The zero-order valence-electron chi connectivity index (χ0n) is 12.4. The van der Waals surface area contributed by atoms with Crippen LogP contribution in [0.5, 0.6) is 0 Å². The second kappa shape index (κ2) is 6.85. The van der Waals surface area contributed by atoms with Crippen LogP contribution in [0.4, 0.5) is 11.6 Å². The highest BCUT2D eigenvalue weighted by Crippen LogP contribution is 2.29. The lowest BCUT2D eigenvalue weighted by Gasteiger charge is -2.33. The van der Waals surface area contributed by atoms with Gasteiger partial charge in [-0.05, 0) is 24.7 Å². The first-order chi connectivity index (χ1) is 9.65. The molecule has 0 aromatic carbocycles. The maximum atomic E-state index is 5.46. The molecular weight excluding hydrogens is 254 g/mol. The van der Waals surface area contributed by atoms with Gasteiger partial charge in [-0.3, -0.25) is 0 Å². The van der Waals surface area contributed by atoms with Crippen LogP contribution >= 0.6 is 0 Å². The number of hydrogen-bond acceptors (Lipinski definition) is 6. The van der Waals surface area contributed by atoms with E-state index in [2.05, 4.69) is 34.6 Å². The molecule has 6 nitrogen and oxygen atoms in total. The van der Waals surface area contributed by atoms with Crippen LogP contribution in [0.2, 0.25) is 0 Å². The maximum absolute atomic E-state index is 5.46. The number of nitrogens with one attached hydrogen (secondary N) is 2. The second-order valence-electron chi connectivity index (χ2n) is 5.73. The smallest absolute Gasteiger partial charge is 0.145 e. The molecule has 0 amide bonds. The molecule has 1 saturated heterocycles. The summed E-state index contributed by atoms with van der Waals surface area (Å²) in [6.45, 7) is 6.99. The highest BCUT2D eigenvalue weighted by atomic mass is 16.5. The van der Waals surface area contributed by atoms with Gasteiger partial charge in [0, 0.05) is 32.2 Å². The van der Waals surface area contributed by atoms with Crippen LogP contribution in [-0.4, -0.2) is 29.7 Å². The van der Waals surface area contributed by atoms with Crippen LogP contribution in [0.25, 0.3) is 0 Å². The molecule has 2 rings (SSSR count). The fraction of sp³-hybridized carbons (Fsp3) is 0.714. The first kappa shape index (κ1) is 15.0. The molecule has 0 aliphatic carbocycles. The molecule has 0 unspecified atom stereocenters. The van der Waals surface area contributed by atoms with Gasteiger partial charge < -0.3 is 15.5 Å². The van der Waals surface area contributed by atoms with E-state index in [0.29, 0.717) is 5.82 Å². The Hall–Kier alpha value is -1.40. The van der Waals surface area contributed by atoms with Gasteiger partial charge in [0.15, 0.2) is 0 Å². The van der Waals surface area contributed by atoms with E-state index in [0.717, 1.165) is 57.1 Å². The number of nitrogen functional groups attached to an aromatic ring is 1. The van der Waals surface area contributed by atoms with E-state index in [1.807, 2.05) is 6.07 Å². The lowest BCUT2D eigenvalue weighted by Crippen LogP contribution is -2.33. The van der Waals surface area contributed by atoms with Crippen molar-refractivity contribution in [3.05, 3.63) is 11.9 Å². The number of hydrogen-bond donors (Lipinski definition) is 3. The summed E-state index contributed by atoms with van der Waals surface area (Å²) in [6.07, 6.45) is 4.03. The average Bonchev–Trinajstić information content (AvgIpc) is 2.46. The van der Waals surface area contributed by atoms with Crippen molar-refractivity contribution in [3.63, 3.8) is 0 Å². The van der Waals surface area contributed by atoms with Crippen molar-refractivity contribution in [2.45, 2.75) is 39.5 Å². The molecule has 1 aliphatic heterocycles. The third-order valence-corrected chi connectivity index (χ3v) is 3.79. The molecule has 0 atom stereocenters. The topological polar surface area (TPSA) is 85.1 Å².